The van der Waals surface area contributed by atoms with Gasteiger partial charge in [-0.15, -0.1) is 11.8 Å². The first-order valence-corrected chi connectivity index (χ1v) is 9.22. The van der Waals surface area contributed by atoms with Crippen molar-refractivity contribution in [2.45, 2.75) is 17.1 Å². The summed E-state index contributed by atoms with van der Waals surface area (Å²) in [5, 5.41) is 2.66. The standard InChI is InChI=1S/C19H20ClNO5S/c1-11(27-13-6-8-16(24-2)17(10-13)25-3)18(22)21-15-9-12(19(23)26-4)5-7-14(15)20/h5-11H,1-4H3,(H,21,22)/t11-/m0/s1. The predicted octanol–water partition coefficient (Wildman–Crippen LogP) is 4.26. The number of anilines is 1. The Morgan fingerprint density at radius 3 is 2.37 bits per heavy atom. The molecule has 2 aromatic rings. The smallest absolute Gasteiger partial charge is 0.337 e. The molecule has 144 valence electrons. The van der Waals surface area contributed by atoms with E-state index in [0.29, 0.717) is 27.8 Å². The lowest BCUT2D eigenvalue weighted by Gasteiger charge is -2.15. The van der Waals surface area contributed by atoms with E-state index in [-0.39, 0.29) is 5.91 Å². The molecule has 0 heterocycles. The number of benzene rings is 2. The molecule has 2 aromatic carbocycles. The lowest BCUT2D eigenvalue weighted by Crippen LogP contribution is -2.22. The predicted molar refractivity (Wildman–Crippen MR) is 106 cm³/mol. The quantitative estimate of drug-likeness (QED) is 0.544. The van der Waals surface area contributed by atoms with Crippen molar-refractivity contribution in [2.75, 3.05) is 26.6 Å². The number of esters is 1. The van der Waals surface area contributed by atoms with E-state index < -0.39 is 11.2 Å². The minimum atomic E-state index is -0.505. The van der Waals surface area contributed by atoms with Gasteiger partial charge in [-0.25, -0.2) is 4.79 Å². The molecule has 0 radical (unpaired) electrons. The van der Waals surface area contributed by atoms with E-state index >= 15 is 0 Å². The van der Waals surface area contributed by atoms with E-state index in [2.05, 4.69) is 10.1 Å². The van der Waals surface area contributed by atoms with Gasteiger partial charge in [0, 0.05) is 4.90 Å². The van der Waals surface area contributed by atoms with Gasteiger partial charge in [0.15, 0.2) is 11.5 Å². The van der Waals surface area contributed by atoms with Crippen molar-refractivity contribution >= 4 is 40.9 Å². The average molecular weight is 410 g/mol. The lowest BCUT2D eigenvalue weighted by molar-refractivity contribution is -0.115. The second-order valence-electron chi connectivity index (χ2n) is 5.45. The Morgan fingerprint density at radius 2 is 1.74 bits per heavy atom. The summed E-state index contributed by atoms with van der Waals surface area (Å²) in [4.78, 5) is 25.0. The Labute approximate surface area is 167 Å². The van der Waals surface area contributed by atoms with Crippen LogP contribution in [-0.2, 0) is 9.53 Å². The fourth-order valence-electron chi connectivity index (χ4n) is 2.25. The first kappa shape index (κ1) is 20.9. The fourth-order valence-corrected chi connectivity index (χ4v) is 3.31. The summed E-state index contributed by atoms with van der Waals surface area (Å²) < 4.78 is 15.2. The SMILES string of the molecule is COC(=O)c1ccc(Cl)c(NC(=O)[C@H](C)Sc2ccc(OC)c(OC)c2)c1. The fraction of sp³-hybridized carbons (Fsp3) is 0.263. The van der Waals surface area contributed by atoms with E-state index in [0.717, 1.165) is 4.90 Å². The van der Waals surface area contributed by atoms with Gasteiger partial charge in [0.25, 0.3) is 0 Å². The molecule has 1 amide bonds. The van der Waals surface area contributed by atoms with E-state index in [1.54, 1.807) is 33.3 Å². The number of amides is 1. The number of hydrogen-bond acceptors (Lipinski definition) is 6. The second-order valence-corrected chi connectivity index (χ2v) is 7.27. The summed E-state index contributed by atoms with van der Waals surface area (Å²) in [6.45, 7) is 1.77. The van der Waals surface area contributed by atoms with Crippen LogP contribution in [0.2, 0.25) is 5.02 Å². The van der Waals surface area contributed by atoms with Crippen LogP contribution in [0.4, 0.5) is 5.69 Å². The van der Waals surface area contributed by atoms with Crippen molar-refractivity contribution in [3.05, 3.63) is 47.0 Å². The monoisotopic (exact) mass is 409 g/mol. The molecule has 0 bridgehead atoms. The third-order valence-electron chi connectivity index (χ3n) is 3.68. The van der Waals surface area contributed by atoms with Crippen LogP contribution < -0.4 is 14.8 Å². The Balaban J connectivity index is 2.11. The van der Waals surface area contributed by atoms with Gasteiger partial charge in [0.2, 0.25) is 5.91 Å². The van der Waals surface area contributed by atoms with Crippen molar-refractivity contribution < 1.29 is 23.8 Å². The Kier molecular flexibility index (Phi) is 7.38. The number of carbonyl (C=O) groups excluding carboxylic acids is 2. The molecule has 0 saturated carbocycles. The lowest BCUT2D eigenvalue weighted by atomic mass is 10.2. The minimum absolute atomic E-state index is 0.251. The first-order valence-electron chi connectivity index (χ1n) is 7.97. The highest BCUT2D eigenvalue weighted by atomic mass is 35.5. The highest BCUT2D eigenvalue weighted by Crippen LogP contribution is 2.34. The molecule has 1 atom stereocenters. The van der Waals surface area contributed by atoms with Crippen molar-refractivity contribution in [2.24, 2.45) is 0 Å². The zero-order valence-corrected chi connectivity index (χ0v) is 16.9. The number of rotatable bonds is 7. The molecular weight excluding hydrogens is 390 g/mol. The molecule has 0 aromatic heterocycles. The number of thioether (sulfide) groups is 1. The third kappa shape index (κ3) is 5.30. The molecule has 0 spiro atoms. The van der Waals surface area contributed by atoms with Crippen LogP contribution in [0.3, 0.4) is 0 Å². The Morgan fingerprint density at radius 1 is 1.04 bits per heavy atom. The van der Waals surface area contributed by atoms with E-state index in [1.165, 1.54) is 37.1 Å². The van der Waals surface area contributed by atoms with Crippen LogP contribution in [0.15, 0.2) is 41.3 Å². The molecule has 0 unspecified atom stereocenters. The van der Waals surface area contributed by atoms with Crippen LogP contribution in [0.5, 0.6) is 11.5 Å². The van der Waals surface area contributed by atoms with Gasteiger partial charge in [0.1, 0.15) is 0 Å². The van der Waals surface area contributed by atoms with Crippen LogP contribution in [0, 0.1) is 0 Å². The maximum atomic E-state index is 12.5. The van der Waals surface area contributed by atoms with Gasteiger partial charge in [-0.1, -0.05) is 11.6 Å². The highest BCUT2D eigenvalue weighted by Gasteiger charge is 2.18. The molecule has 27 heavy (non-hydrogen) atoms. The molecule has 2 rings (SSSR count). The number of carbonyl (C=O) groups is 2. The van der Waals surface area contributed by atoms with Gasteiger partial charge < -0.3 is 19.5 Å². The first-order chi connectivity index (χ1) is 12.9. The molecule has 8 heteroatoms. The van der Waals surface area contributed by atoms with Crippen LogP contribution in [0.1, 0.15) is 17.3 Å². The summed E-state index contributed by atoms with van der Waals surface area (Å²) in [6, 6.07) is 9.99. The topological polar surface area (TPSA) is 73.9 Å². The summed E-state index contributed by atoms with van der Waals surface area (Å²) in [7, 11) is 4.41. The summed E-state index contributed by atoms with van der Waals surface area (Å²) in [5.41, 5.74) is 0.654. The largest absolute Gasteiger partial charge is 0.493 e. The Bertz CT molecular complexity index is 843. The second kappa shape index (κ2) is 9.53. The maximum absolute atomic E-state index is 12.5. The van der Waals surface area contributed by atoms with Crippen molar-refractivity contribution in [1.29, 1.82) is 0 Å². The van der Waals surface area contributed by atoms with E-state index in [1.807, 2.05) is 6.07 Å². The van der Waals surface area contributed by atoms with E-state index in [9.17, 15) is 9.59 Å². The van der Waals surface area contributed by atoms with Crippen molar-refractivity contribution in [3.8, 4) is 11.5 Å². The summed E-state index contributed by atoms with van der Waals surface area (Å²) in [6.07, 6.45) is 0. The third-order valence-corrected chi connectivity index (χ3v) is 5.11. The molecule has 0 fully saturated rings. The molecule has 0 saturated heterocycles. The van der Waals surface area contributed by atoms with Crippen LogP contribution in [0.25, 0.3) is 0 Å². The molecular formula is C19H20ClNO5S. The van der Waals surface area contributed by atoms with Gasteiger partial charge >= 0.3 is 5.97 Å². The number of hydrogen-bond donors (Lipinski definition) is 1. The van der Waals surface area contributed by atoms with Crippen LogP contribution >= 0.6 is 23.4 Å². The zero-order chi connectivity index (χ0) is 20.0. The number of methoxy groups -OCH3 is 3. The van der Waals surface area contributed by atoms with Crippen molar-refractivity contribution in [3.63, 3.8) is 0 Å². The average Bonchev–Trinajstić information content (AvgIpc) is 2.68. The summed E-state index contributed by atoms with van der Waals surface area (Å²) >= 11 is 7.48. The zero-order valence-electron chi connectivity index (χ0n) is 15.4. The number of halogens is 1. The molecule has 6 nitrogen and oxygen atoms in total. The maximum Gasteiger partial charge on any atom is 0.337 e. The molecule has 0 aliphatic rings. The highest BCUT2D eigenvalue weighted by molar-refractivity contribution is 8.00. The number of ether oxygens (including phenoxy) is 3. The van der Waals surface area contributed by atoms with E-state index in [4.69, 9.17) is 21.1 Å². The van der Waals surface area contributed by atoms with Gasteiger partial charge in [-0.05, 0) is 43.3 Å². The van der Waals surface area contributed by atoms with Crippen LogP contribution in [-0.4, -0.2) is 38.5 Å². The van der Waals surface area contributed by atoms with Gasteiger partial charge in [-0.2, -0.15) is 0 Å². The minimum Gasteiger partial charge on any atom is -0.493 e. The van der Waals surface area contributed by atoms with Gasteiger partial charge in [0.05, 0.1) is 42.9 Å². The normalized spacial score (nSPS) is 11.4. The summed E-state index contributed by atoms with van der Waals surface area (Å²) in [5.74, 6) is 0.447. The Hall–Kier alpha value is -2.38. The molecule has 0 aliphatic carbocycles. The molecule has 1 N–H and O–H groups in total. The van der Waals surface area contributed by atoms with Gasteiger partial charge in [-0.3, -0.25) is 4.79 Å². The van der Waals surface area contributed by atoms with Crippen molar-refractivity contribution in [1.82, 2.24) is 0 Å². The number of nitrogens with one attached hydrogen (secondary N) is 1. The molecule has 0 aliphatic heterocycles.